The van der Waals surface area contributed by atoms with Crippen LogP contribution in [0.5, 0.6) is 11.5 Å². The van der Waals surface area contributed by atoms with Crippen molar-refractivity contribution in [3.8, 4) is 28.4 Å². The van der Waals surface area contributed by atoms with Gasteiger partial charge in [-0.05, 0) is 49.4 Å². The Kier molecular flexibility index (Phi) is 8.83. The number of carbonyl (C=O) groups excluding carboxylic acids is 2. The van der Waals surface area contributed by atoms with Crippen LogP contribution in [0, 0.1) is 6.92 Å². The number of aromatic nitrogens is 2. The highest BCUT2D eigenvalue weighted by Crippen LogP contribution is 2.51. The van der Waals surface area contributed by atoms with E-state index in [0.717, 1.165) is 27.9 Å². The first-order valence-corrected chi connectivity index (χ1v) is 15.8. The van der Waals surface area contributed by atoms with Gasteiger partial charge in [0.15, 0.2) is 0 Å². The van der Waals surface area contributed by atoms with Crippen LogP contribution in [0.4, 0.5) is 5.82 Å². The number of aryl methyl sites for hydroxylation is 1. The standard InChI is InChI=1S/C33H33ClN4O5S/c1-21-4-10-24(11-5-21)38-33-30(31(35-38)22-6-8-23(34)9-7-22)32(26-18-25(41-2)12-13-27(26)42-3)44-20-29(40)37(33)19-28(39)36-14-16-43-17-15-36/h4-13,18,32H,14-17,19-20H2,1-3H3. The number of methoxy groups -OCH3 is 2. The SMILES string of the molecule is COc1ccc(OC)c(C2SCC(=O)N(CC(=O)N3CCOCC3)c3c2c(-c2ccc(Cl)cc2)nn3-c2ccc(C)cc2)c1. The minimum atomic E-state index is -0.382. The van der Waals surface area contributed by atoms with Gasteiger partial charge in [-0.25, -0.2) is 4.68 Å². The second-order valence-corrected chi connectivity index (χ2v) is 12.1. The van der Waals surface area contributed by atoms with Crippen molar-refractivity contribution in [2.45, 2.75) is 12.2 Å². The first kappa shape index (κ1) is 30.1. The topological polar surface area (TPSA) is 86.1 Å². The molecule has 3 aromatic carbocycles. The van der Waals surface area contributed by atoms with Crippen molar-refractivity contribution in [3.05, 3.63) is 88.4 Å². The molecule has 2 amide bonds. The Hall–Kier alpha value is -3.99. The molecule has 1 atom stereocenters. The van der Waals surface area contributed by atoms with E-state index in [4.69, 9.17) is 30.9 Å². The number of carbonyl (C=O) groups is 2. The van der Waals surface area contributed by atoms with E-state index in [0.29, 0.717) is 54.3 Å². The smallest absolute Gasteiger partial charge is 0.242 e. The lowest BCUT2D eigenvalue weighted by atomic mass is 9.98. The van der Waals surface area contributed by atoms with Crippen LogP contribution in [0.2, 0.25) is 5.02 Å². The first-order chi connectivity index (χ1) is 21.4. The maximum Gasteiger partial charge on any atom is 0.242 e. The molecule has 0 radical (unpaired) electrons. The Morgan fingerprint density at radius 2 is 1.75 bits per heavy atom. The maximum atomic E-state index is 14.1. The van der Waals surface area contributed by atoms with Gasteiger partial charge in [-0.1, -0.05) is 41.4 Å². The van der Waals surface area contributed by atoms with Crippen LogP contribution in [-0.2, 0) is 14.3 Å². The minimum Gasteiger partial charge on any atom is -0.497 e. The molecule has 4 aromatic rings. The molecule has 1 unspecified atom stereocenters. The number of hydrogen-bond donors (Lipinski definition) is 0. The van der Waals surface area contributed by atoms with Crippen LogP contribution in [0.3, 0.4) is 0 Å². The number of halogens is 1. The number of thioether (sulfide) groups is 1. The fourth-order valence-corrected chi connectivity index (χ4v) is 6.88. The summed E-state index contributed by atoms with van der Waals surface area (Å²) in [5.74, 6) is 1.69. The predicted molar refractivity (Wildman–Crippen MR) is 172 cm³/mol. The molecule has 11 heteroatoms. The van der Waals surface area contributed by atoms with Gasteiger partial charge in [0, 0.05) is 34.8 Å². The van der Waals surface area contributed by atoms with Gasteiger partial charge in [-0.2, -0.15) is 5.10 Å². The first-order valence-electron chi connectivity index (χ1n) is 14.3. The number of amides is 2. The number of fused-ring (bicyclic) bond motifs is 1. The molecule has 44 heavy (non-hydrogen) atoms. The second kappa shape index (κ2) is 12.9. The van der Waals surface area contributed by atoms with E-state index < -0.39 is 0 Å². The molecule has 3 heterocycles. The molecule has 6 rings (SSSR count). The normalized spacial score (nSPS) is 16.8. The molecule has 0 aliphatic carbocycles. The Morgan fingerprint density at radius 1 is 1.02 bits per heavy atom. The van der Waals surface area contributed by atoms with E-state index in [2.05, 4.69) is 0 Å². The predicted octanol–water partition coefficient (Wildman–Crippen LogP) is 5.55. The highest BCUT2D eigenvalue weighted by molar-refractivity contribution is 8.00. The summed E-state index contributed by atoms with van der Waals surface area (Å²) in [5.41, 5.74) is 5.01. The van der Waals surface area contributed by atoms with Gasteiger partial charge in [0.1, 0.15) is 23.9 Å². The van der Waals surface area contributed by atoms with Crippen molar-refractivity contribution in [2.75, 3.05) is 57.7 Å². The van der Waals surface area contributed by atoms with E-state index in [9.17, 15) is 9.59 Å². The number of ether oxygens (including phenoxy) is 3. The van der Waals surface area contributed by atoms with Crippen LogP contribution in [0.1, 0.15) is 21.9 Å². The minimum absolute atomic E-state index is 0.119. The summed E-state index contributed by atoms with van der Waals surface area (Å²) < 4.78 is 18.7. The summed E-state index contributed by atoms with van der Waals surface area (Å²) in [6, 6.07) is 21.1. The quantitative estimate of drug-likeness (QED) is 0.264. The molecule has 0 spiro atoms. The van der Waals surface area contributed by atoms with Gasteiger partial charge in [-0.3, -0.25) is 14.5 Å². The highest BCUT2D eigenvalue weighted by Gasteiger charge is 2.39. The fraction of sp³-hybridized carbons (Fsp3) is 0.303. The average molecular weight is 633 g/mol. The molecule has 1 aromatic heterocycles. The van der Waals surface area contributed by atoms with Crippen LogP contribution in [0.15, 0.2) is 66.7 Å². The molecule has 9 nitrogen and oxygen atoms in total. The lowest BCUT2D eigenvalue weighted by Crippen LogP contribution is -2.48. The third kappa shape index (κ3) is 5.89. The highest BCUT2D eigenvalue weighted by atomic mass is 35.5. The number of benzene rings is 3. The van der Waals surface area contributed by atoms with Crippen molar-refractivity contribution >= 4 is 41.0 Å². The Balaban J connectivity index is 1.62. The lowest BCUT2D eigenvalue weighted by molar-refractivity contribution is -0.134. The van der Waals surface area contributed by atoms with Gasteiger partial charge in [0.2, 0.25) is 11.8 Å². The van der Waals surface area contributed by atoms with E-state index in [1.165, 1.54) is 11.8 Å². The van der Waals surface area contributed by atoms with Crippen LogP contribution < -0.4 is 14.4 Å². The van der Waals surface area contributed by atoms with Gasteiger partial charge >= 0.3 is 0 Å². The molecular formula is C33H33ClN4O5S. The zero-order valence-electron chi connectivity index (χ0n) is 24.8. The number of nitrogens with zero attached hydrogens (tertiary/aromatic N) is 4. The summed E-state index contributed by atoms with van der Waals surface area (Å²) in [6.07, 6.45) is 0. The van der Waals surface area contributed by atoms with Crippen molar-refractivity contribution in [1.29, 1.82) is 0 Å². The third-order valence-corrected chi connectivity index (χ3v) is 9.35. The number of anilines is 1. The monoisotopic (exact) mass is 632 g/mol. The summed E-state index contributed by atoms with van der Waals surface area (Å²) in [6.45, 7) is 3.82. The van der Waals surface area contributed by atoms with E-state index in [1.54, 1.807) is 28.7 Å². The lowest BCUT2D eigenvalue weighted by Gasteiger charge is -2.30. The summed E-state index contributed by atoms with van der Waals surface area (Å²) in [4.78, 5) is 31.1. The van der Waals surface area contributed by atoms with Crippen molar-refractivity contribution < 1.29 is 23.8 Å². The van der Waals surface area contributed by atoms with Gasteiger partial charge in [0.25, 0.3) is 0 Å². The van der Waals surface area contributed by atoms with Crippen molar-refractivity contribution in [3.63, 3.8) is 0 Å². The van der Waals surface area contributed by atoms with E-state index >= 15 is 0 Å². The number of morpholine rings is 1. The molecule has 0 N–H and O–H groups in total. The van der Waals surface area contributed by atoms with Crippen LogP contribution in [0.25, 0.3) is 16.9 Å². The molecule has 1 saturated heterocycles. The van der Waals surface area contributed by atoms with Crippen LogP contribution >= 0.6 is 23.4 Å². The molecule has 0 bridgehead atoms. The molecule has 1 fully saturated rings. The molecule has 2 aliphatic rings. The van der Waals surface area contributed by atoms with Gasteiger partial charge < -0.3 is 19.1 Å². The Bertz CT molecular complexity index is 1670. The van der Waals surface area contributed by atoms with Crippen LogP contribution in [-0.4, -0.2) is 79.3 Å². The summed E-state index contributed by atoms with van der Waals surface area (Å²) in [5, 5.41) is 5.38. The van der Waals surface area contributed by atoms with Gasteiger partial charge in [0.05, 0.1) is 49.8 Å². The zero-order valence-corrected chi connectivity index (χ0v) is 26.4. The summed E-state index contributed by atoms with van der Waals surface area (Å²) in [7, 11) is 3.25. The Labute approximate surface area is 265 Å². The van der Waals surface area contributed by atoms with E-state index in [1.807, 2.05) is 73.7 Å². The average Bonchev–Trinajstić information content (AvgIpc) is 3.37. The number of rotatable bonds is 7. The molecule has 2 aliphatic heterocycles. The van der Waals surface area contributed by atoms with E-state index in [-0.39, 0.29) is 29.4 Å². The second-order valence-electron chi connectivity index (χ2n) is 10.6. The molecule has 228 valence electrons. The third-order valence-electron chi connectivity index (χ3n) is 7.86. The molecule has 0 saturated carbocycles. The largest absolute Gasteiger partial charge is 0.497 e. The molecular weight excluding hydrogens is 600 g/mol. The maximum absolute atomic E-state index is 14.1. The Morgan fingerprint density at radius 3 is 2.43 bits per heavy atom. The van der Waals surface area contributed by atoms with Gasteiger partial charge in [-0.15, -0.1) is 11.8 Å². The summed E-state index contributed by atoms with van der Waals surface area (Å²) >= 11 is 7.77. The van der Waals surface area contributed by atoms with Crippen molar-refractivity contribution in [2.24, 2.45) is 0 Å². The fourth-order valence-electron chi connectivity index (χ4n) is 5.54. The number of hydrogen-bond acceptors (Lipinski definition) is 7. The zero-order chi connectivity index (χ0) is 30.8. The van der Waals surface area contributed by atoms with Crippen molar-refractivity contribution in [1.82, 2.24) is 14.7 Å².